The number of nitrogens with zero attached hydrogens (tertiary/aromatic N) is 2. The van der Waals surface area contributed by atoms with Crippen molar-refractivity contribution >= 4 is 35.6 Å². The van der Waals surface area contributed by atoms with Crippen LogP contribution >= 0.6 is 0 Å². The van der Waals surface area contributed by atoms with Gasteiger partial charge in [-0.3, -0.25) is 19.9 Å². The lowest BCUT2D eigenvalue weighted by atomic mass is 9.92. The van der Waals surface area contributed by atoms with Crippen molar-refractivity contribution in [2.75, 3.05) is 11.4 Å². The first-order chi connectivity index (χ1) is 15.1. The first-order valence-electron chi connectivity index (χ1n) is 9.44. The van der Waals surface area contributed by atoms with Gasteiger partial charge in [0.25, 0.3) is 5.91 Å². The molecule has 0 aliphatic carbocycles. The van der Waals surface area contributed by atoms with Crippen molar-refractivity contribution in [2.24, 2.45) is 5.73 Å². The third kappa shape index (κ3) is 4.36. The molecule has 0 aromatic heterocycles. The number of urea groups is 1. The summed E-state index contributed by atoms with van der Waals surface area (Å²) >= 11 is 0. The van der Waals surface area contributed by atoms with Crippen LogP contribution in [-0.4, -0.2) is 46.5 Å². The molecule has 1 aliphatic rings. The molecule has 32 heavy (non-hydrogen) atoms. The summed E-state index contributed by atoms with van der Waals surface area (Å²) in [6.45, 7) is 0.671. The maximum Gasteiger partial charge on any atom is 0.421 e. The van der Waals surface area contributed by atoms with E-state index in [-0.39, 0.29) is 12.3 Å². The molecule has 0 radical (unpaired) electrons. The molecule has 0 saturated carbocycles. The summed E-state index contributed by atoms with van der Waals surface area (Å²) in [5.41, 5.74) is 5.40. The summed E-state index contributed by atoms with van der Waals surface area (Å²) in [4.78, 5) is 49.6. The van der Waals surface area contributed by atoms with Gasteiger partial charge < -0.3 is 20.9 Å². The Bertz CT molecular complexity index is 1070. The Balaban J connectivity index is 1.78. The van der Waals surface area contributed by atoms with Gasteiger partial charge in [0.05, 0.1) is 5.69 Å². The Morgan fingerprint density at radius 1 is 1.16 bits per heavy atom. The van der Waals surface area contributed by atoms with Crippen molar-refractivity contribution < 1.29 is 29.0 Å². The van der Waals surface area contributed by atoms with Crippen LogP contribution in [0.4, 0.5) is 15.3 Å². The summed E-state index contributed by atoms with van der Waals surface area (Å²) in [6, 6.07) is 14.0. The zero-order chi connectivity index (χ0) is 23.5. The van der Waals surface area contributed by atoms with Gasteiger partial charge in [-0.15, -0.1) is 0 Å². The van der Waals surface area contributed by atoms with Crippen LogP contribution in [-0.2, 0) is 26.5 Å². The van der Waals surface area contributed by atoms with Crippen molar-refractivity contribution in [1.29, 1.82) is 5.41 Å². The van der Waals surface area contributed by atoms with E-state index in [1.807, 2.05) is 6.07 Å². The molecule has 3 rings (SSSR count). The molecule has 5 N–H and O–H groups in total. The number of anilines is 1. The highest BCUT2D eigenvalue weighted by molar-refractivity contribution is 6.12. The Kier molecular flexibility index (Phi) is 6.10. The maximum atomic E-state index is 12.7. The Morgan fingerprint density at radius 2 is 1.78 bits per heavy atom. The fraction of sp³-hybridized carbons (Fsp3) is 0.190. The SMILES string of the molecule is C[C@]1(c2ccc(N(C(=N)N)C(=O)OCc3ccccc3)cc2)NC(=O)N(CC(=O)O)C1=O. The van der Waals surface area contributed by atoms with Gasteiger partial charge in [-0.25, -0.2) is 14.5 Å². The summed E-state index contributed by atoms with van der Waals surface area (Å²) in [5.74, 6) is -2.61. The lowest BCUT2D eigenvalue weighted by Crippen LogP contribution is -2.42. The number of nitrogens with one attached hydrogen (secondary N) is 2. The predicted octanol–water partition coefficient (Wildman–Crippen LogP) is 1.57. The Morgan fingerprint density at radius 3 is 2.34 bits per heavy atom. The molecule has 11 heteroatoms. The van der Waals surface area contributed by atoms with Crippen molar-refractivity contribution in [1.82, 2.24) is 10.2 Å². The van der Waals surface area contributed by atoms with Crippen LogP contribution in [0.15, 0.2) is 54.6 Å². The zero-order valence-electron chi connectivity index (χ0n) is 17.1. The van der Waals surface area contributed by atoms with Crippen LogP contribution in [0.5, 0.6) is 0 Å². The molecular weight excluding hydrogens is 418 g/mol. The molecule has 166 valence electrons. The molecule has 2 aromatic carbocycles. The molecule has 1 heterocycles. The van der Waals surface area contributed by atoms with Crippen LogP contribution in [0.2, 0.25) is 0 Å². The van der Waals surface area contributed by atoms with E-state index in [0.717, 1.165) is 10.5 Å². The summed E-state index contributed by atoms with van der Waals surface area (Å²) in [6.07, 6.45) is -0.863. The molecule has 0 bridgehead atoms. The third-order valence-electron chi connectivity index (χ3n) is 4.90. The van der Waals surface area contributed by atoms with Crippen molar-refractivity contribution in [2.45, 2.75) is 19.1 Å². The number of carbonyl (C=O) groups is 4. The first kappa shape index (κ1) is 22.3. The fourth-order valence-corrected chi connectivity index (χ4v) is 3.24. The van der Waals surface area contributed by atoms with Crippen LogP contribution < -0.4 is 16.0 Å². The number of carbonyl (C=O) groups excluding carboxylic acids is 3. The van der Waals surface area contributed by atoms with E-state index in [1.165, 1.54) is 31.2 Å². The van der Waals surface area contributed by atoms with E-state index >= 15 is 0 Å². The number of rotatable bonds is 6. The number of carboxylic acids is 1. The van der Waals surface area contributed by atoms with Crippen molar-refractivity contribution in [3.63, 3.8) is 0 Å². The average molecular weight is 439 g/mol. The normalized spacial score (nSPS) is 17.6. The molecule has 2 aromatic rings. The van der Waals surface area contributed by atoms with Crippen molar-refractivity contribution in [3.8, 4) is 0 Å². The number of imide groups is 1. The highest BCUT2D eigenvalue weighted by atomic mass is 16.6. The highest BCUT2D eigenvalue weighted by Gasteiger charge is 2.49. The van der Waals surface area contributed by atoms with E-state index in [4.69, 9.17) is 21.0 Å². The first-order valence-corrected chi connectivity index (χ1v) is 9.44. The molecular formula is C21H21N5O6. The van der Waals surface area contributed by atoms with Gasteiger partial charge in [-0.2, -0.15) is 0 Å². The zero-order valence-corrected chi connectivity index (χ0v) is 17.1. The quantitative estimate of drug-likeness (QED) is 0.301. The molecule has 0 unspecified atom stereocenters. The largest absolute Gasteiger partial charge is 0.480 e. The number of ether oxygens (including phenoxy) is 1. The second-order valence-corrected chi connectivity index (χ2v) is 7.15. The van der Waals surface area contributed by atoms with Crippen LogP contribution in [0.3, 0.4) is 0 Å². The van der Waals surface area contributed by atoms with Gasteiger partial charge in [0.2, 0.25) is 5.96 Å². The van der Waals surface area contributed by atoms with E-state index < -0.39 is 42.0 Å². The third-order valence-corrected chi connectivity index (χ3v) is 4.90. The van der Waals surface area contributed by atoms with Crippen LogP contribution in [0.25, 0.3) is 0 Å². The van der Waals surface area contributed by atoms with Crippen LogP contribution in [0, 0.1) is 5.41 Å². The van der Waals surface area contributed by atoms with Gasteiger partial charge >= 0.3 is 18.1 Å². The van der Waals surface area contributed by atoms with Crippen molar-refractivity contribution in [3.05, 3.63) is 65.7 Å². The molecule has 1 aliphatic heterocycles. The van der Waals surface area contributed by atoms with E-state index in [2.05, 4.69) is 5.32 Å². The van der Waals surface area contributed by atoms with Gasteiger partial charge in [0.15, 0.2) is 0 Å². The standard InChI is InChI=1S/C21H21N5O6/c1-21(17(29)25(11-16(27)28)19(30)24-21)14-7-9-15(10-8-14)26(18(22)23)20(31)32-12-13-5-3-2-4-6-13/h2-10H,11-12H2,1H3,(H3,22,23)(H,24,30)(H,27,28)/t21-/m1/s1. The minimum Gasteiger partial charge on any atom is -0.480 e. The minimum absolute atomic E-state index is 0.0143. The Labute approximate surface area is 182 Å². The van der Waals surface area contributed by atoms with E-state index in [0.29, 0.717) is 10.5 Å². The topological polar surface area (TPSA) is 166 Å². The smallest absolute Gasteiger partial charge is 0.421 e. The molecule has 1 fully saturated rings. The number of nitrogens with two attached hydrogens (primary N) is 1. The van der Waals surface area contributed by atoms with Crippen LogP contribution in [0.1, 0.15) is 18.1 Å². The lowest BCUT2D eigenvalue weighted by molar-refractivity contribution is -0.142. The van der Waals surface area contributed by atoms with Gasteiger partial charge in [-0.05, 0) is 30.2 Å². The summed E-state index contributed by atoms with van der Waals surface area (Å²) in [7, 11) is 0. The van der Waals surface area contributed by atoms with Gasteiger partial charge in [0.1, 0.15) is 18.7 Å². The lowest BCUT2D eigenvalue weighted by Gasteiger charge is -2.24. The summed E-state index contributed by atoms with van der Waals surface area (Å²) < 4.78 is 5.23. The number of aliphatic carboxylic acids is 1. The number of guanidine groups is 1. The number of hydrogen-bond acceptors (Lipinski definition) is 6. The highest BCUT2D eigenvalue weighted by Crippen LogP contribution is 2.30. The van der Waals surface area contributed by atoms with E-state index in [9.17, 15) is 19.2 Å². The number of benzene rings is 2. The molecule has 1 saturated heterocycles. The second kappa shape index (κ2) is 8.76. The number of hydrogen-bond donors (Lipinski definition) is 4. The van der Waals surface area contributed by atoms with Gasteiger partial charge in [-0.1, -0.05) is 42.5 Å². The Hall–Kier alpha value is -4.41. The monoisotopic (exact) mass is 439 g/mol. The average Bonchev–Trinajstić information content (AvgIpc) is 2.97. The van der Waals surface area contributed by atoms with E-state index in [1.54, 1.807) is 24.3 Å². The summed E-state index contributed by atoms with van der Waals surface area (Å²) in [5, 5.41) is 19.1. The molecule has 0 spiro atoms. The minimum atomic E-state index is -1.49. The maximum absolute atomic E-state index is 12.7. The molecule has 4 amide bonds. The molecule has 1 atom stereocenters. The fourth-order valence-electron chi connectivity index (χ4n) is 3.24. The second-order valence-electron chi connectivity index (χ2n) is 7.15. The predicted molar refractivity (Wildman–Crippen MR) is 113 cm³/mol. The molecule has 11 nitrogen and oxygen atoms in total. The number of amides is 4. The van der Waals surface area contributed by atoms with Gasteiger partial charge in [0, 0.05) is 0 Å². The number of carboxylic acid groups (broad SMARTS) is 1.